The van der Waals surface area contributed by atoms with Crippen LogP contribution < -0.4 is 11.1 Å². The van der Waals surface area contributed by atoms with Crippen molar-refractivity contribution in [2.24, 2.45) is 10.7 Å². The topological polar surface area (TPSA) is 76.2 Å². The fourth-order valence-corrected chi connectivity index (χ4v) is 1.18. The summed E-state index contributed by atoms with van der Waals surface area (Å²) in [6, 6.07) is 0. The summed E-state index contributed by atoms with van der Waals surface area (Å²) in [5, 5.41) is 2.92. The van der Waals surface area contributed by atoms with Gasteiger partial charge in [-0.15, -0.1) is 0 Å². The quantitative estimate of drug-likeness (QED) is 0.605. The number of hydrogen-bond donors (Lipinski definition) is 2. The van der Waals surface area contributed by atoms with Crippen LogP contribution in [-0.2, 0) is 0 Å². The highest BCUT2D eigenvalue weighted by Crippen LogP contribution is 2.21. The fraction of sp³-hybridized carbons (Fsp3) is 0.375. The average molecular weight is 177 g/mol. The number of anilines is 1. The number of rotatable bonds is 0. The Balaban J connectivity index is 2.56. The maximum atomic E-state index is 5.72. The second-order valence-electron chi connectivity index (χ2n) is 3.00. The maximum Gasteiger partial charge on any atom is 0.156 e. The molecule has 0 bridgehead atoms. The number of nitrogens with two attached hydrogens (primary N) is 1. The molecule has 0 saturated carbocycles. The number of hydrogen-bond acceptors (Lipinski definition) is 5. The average Bonchev–Trinajstić information content (AvgIpc) is 2.09. The van der Waals surface area contributed by atoms with Gasteiger partial charge in [0, 0.05) is 0 Å². The molecule has 1 aromatic rings. The summed E-state index contributed by atoms with van der Waals surface area (Å²) in [6.45, 7) is 3.83. The van der Waals surface area contributed by atoms with E-state index in [1.807, 2.05) is 13.8 Å². The molecule has 2 heterocycles. The lowest BCUT2D eigenvalue weighted by Gasteiger charge is -2.16. The lowest BCUT2D eigenvalue weighted by molar-refractivity contribution is 0.727. The van der Waals surface area contributed by atoms with Gasteiger partial charge in [-0.1, -0.05) is 0 Å². The Bertz CT molecular complexity index is 371. The second-order valence-corrected chi connectivity index (χ2v) is 3.00. The van der Waals surface area contributed by atoms with E-state index in [9.17, 15) is 0 Å². The van der Waals surface area contributed by atoms with Gasteiger partial charge in [0.05, 0.1) is 17.7 Å². The van der Waals surface area contributed by atoms with Gasteiger partial charge in [-0.25, -0.2) is 9.97 Å². The van der Waals surface area contributed by atoms with Crippen LogP contribution in [0.4, 0.5) is 5.82 Å². The Morgan fingerprint density at radius 3 is 2.77 bits per heavy atom. The zero-order chi connectivity index (χ0) is 9.42. The Morgan fingerprint density at radius 2 is 2.00 bits per heavy atom. The van der Waals surface area contributed by atoms with Crippen molar-refractivity contribution < 1.29 is 0 Å². The van der Waals surface area contributed by atoms with Gasteiger partial charge in [0.1, 0.15) is 11.9 Å². The van der Waals surface area contributed by atoms with E-state index in [1.165, 1.54) is 0 Å². The Kier molecular flexibility index (Phi) is 1.73. The lowest BCUT2D eigenvalue weighted by atomic mass is 10.2. The number of nitrogens with zero attached hydrogens (tertiary/aromatic N) is 3. The summed E-state index contributed by atoms with van der Waals surface area (Å²) in [4.78, 5) is 12.6. The molecule has 0 amide bonds. The van der Waals surface area contributed by atoms with Crippen LogP contribution in [0.1, 0.15) is 23.2 Å². The normalized spacial score (nSPS) is 19.5. The van der Waals surface area contributed by atoms with Gasteiger partial charge in [-0.2, -0.15) is 0 Å². The predicted octanol–water partition coefficient (Wildman–Crippen LogP) is 0.505. The monoisotopic (exact) mass is 177 g/mol. The third-order valence-electron chi connectivity index (χ3n) is 2.05. The summed E-state index contributed by atoms with van der Waals surface area (Å²) in [7, 11) is 0. The van der Waals surface area contributed by atoms with E-state index in [1.54, 1.807) is 6.34 Å². The molecule has 13 heavy (non-hydrogen) atoms. The van der Waals surface area contributed by atoms with Crippen LogP contribution in [0, 0.1) is 13.8 Å². The minimum absolute atomic E-state index is 0.386. The standard InChI is InChI=1S/C8H11N5/c1-4-5(2)13-8-6(12-4)7(9)10-3-11-8/h3,7H,9H2,1-2H3,(H,10,11,13). The van der Waals surface area contributed by atoms with E-state index in [0.717, 1.165) is 11.4 Å². The largest absolute Gasteiger partial charge is 0.330 e. The summed E-state index contributed by atoms with van der Waals surface area (Å²) in [5.74, 6) is 0.714. The number of aromatic nitrogens is 2. The first-order valence-electron chi connectivity index (χ1n) is 4.07. The molecule has 5 nitrogen and oxygen atoms in total. The third kappa shape index (κ3) is 1.27. The van der Waals surface area contributed by atoms with Crippen LogP contribution in [0.2, 0.25) is 0 Å². The maximum absolute atomic E-state index is 5.72. The molecule has 0 radical (unpaired) electrons. The van der Waals surface area contributed by atoms with E-state index in [-0.39, 0.29) is 6.17 Å². The van der Waals surface area contributed by atoms with E-state index in [4.69, 9.17) is 5.73 Å². The molecule has 0 fully saturated rings. The third-order valence-corrected chi connectivity index (χ3v) is 2.05. The van der Waals surface area contributed by atoms with Crippen molar-refractivity contribution in [1.82, 2.24) is 9.97 Å². The molecular formula is C8H11N5. The molecule has 1 atom stereocenters. The zero-order valence-corrected chi connectivity index (χ0v) is 7.57. The van der Waals surface area contributed by atoms with Crippen LogP contribution in [0.25, 0.3) is 0 Å². The summed E-state index contributed by atoms with van der Waals surface area (Å²) < 4.78 is 0. The van der Waals surface area contributed by atoms with Crippen LogP contribution in [0.3, 0.4) is 0 Å². The fourth-order valence-electron chi connectivity index (χ4n) is 1.18. The molecule has 5 heteroatoms. The van der Waals surface area contributed by atoms with E-state index >= 15 is 0 Å². The van der Waals surface area contributed by atoms with Gasteiger partial charge in [-0.3, -0.25) is 4.99 Å². The van der Waals surface area contributed by atoms with Crippen molar-refractivity contribution in [3.05, 3.63) is 17.1 Å². The van der Waals surface area contributed by atoms with Crippen LogP contribution in [0.15, 0.2) is 4.99 Å². The molecule has 1 aromatic heterocycles. The van der Waals surface area contributed by atoms with Gasteiger partial charge < -0.3 is 11.1 Å². The van der Waals surface area contributed by atoms with E-state index in [0.29, 0.717) is 11.5 Å². The lowest BCUT2D eigenvalue weighted by Crippen LogP contribution is -2.20. The second kappa shape index (κ2) is 2.77. The van der Waals surface area contributed by atoms with Crippen molar-refractivity contribution >= 4 is 12.2 Å². The molecular weight excluding hydrogens is 166 g/mol. The number of aryl methyl sites for hydroxylation is 2. The van der Waals surface area contributed by atoms with Gasteiger partial charge >= 0.3 is 0 Å². The molecule has 1 aliphatic heterocycles. The summed E-state index contributed by atoms with van der Waals surface area (Å²) in [6.07, 6.45) is 1.17. The Morgan fingerprint density at radius 1 is 1.31 bits per heavy atom. The van der Waals surface area contributed by atoms with Gasteiger partial charge in [0.25, 0.3) is 0 Å². The molecule has 2 rings (SSSR count). The molecule has 68 valence electrons. The van der Waals surface area contributed by atoms with Crippen molar-refractivity contribution in [1.29, 1.82) is 0 Å². The first-order chi connectivity index (χ1) is 6.18. The number of nitrogens with one attached hydrogen (secondary N) is 1. The molecule has 0 aliphatic carbocycles. The molecule has 1 aliphatic rings. The predicted molar refractivity (Wildman–Crippen MR) is 50.5 cm³/mol. The van der Waals surface area contributed by atoms with E-state index in [2.05, 4.69) is 20.3 Å². The van der Waals surface area contributed by atoms with Crippen molar-refractivity contribution in [3.8, 4) is 0 Å². The van der Waals surface area contributed by atoms with Gasteiger partial charge in [-0.05, 0) is 13.8 Å². The van der Waals surface area contributed by atoms with Crippen LogP contribution in [0.5, 0.6) is 0 Å². The van der Waals surface area contributed by atoms with Crippen LogP contribution in [-0.4, -0.2) is 16.3 Å². The summed E-state index contributed by atoms with van der Waals surface area (Å²) in [5.41, 5.74) is 8.25. The molecule has 1 unspecified atom stereocenters. The van der Waals surface area contributed by atoms with Crippen molar-refractivity contribution in [3.63, 3.8) is 0 Å². The Hall–Kier alpha value is -1.49. The number of fused-ring (bicyclic) bond motifs is 1. The first kappa shape index (κ1) is 8.12. The first-order valence-corrected chi connectivity index (χ1v) is 4.07. The van der Waals surface area contributed by atoms with E-state index < -0.39 is 0 Å². The highest BCUT2D eigenvalue weighted by atomic mass is 15.1. The highest BCUT2D eigenvalue weighted by molar-refractivity contribution is 5.77. The van der Waals surface area contributed by atoms with Crippen molar-refractivity contribution in [2.45, 2.75) is 20.0 Å². The summed E-state index contributed by atoms with van der Waals surface area (Å²) >= 11 is 0. The molecule has 3 N–H and O–H groups in total. The smallest absolute Gasteiger partial charge is 0.156 e. The van der Waals surface area contributed by atoms with Gasteiger partial charge in [0.2, 0.25) is 0 Å². The number of aliphatic imine (C=N–C) groups is 1. The minimum Gasteiger partial charge on any atom is -0.330 e. The SMILES string of the molecule is Cc1nc2c(nc1C)C(N)N=CN2. The highest BCUT2D eigenvalue weighted by Gasteiger charge is 2.17. The zero-order valence-electron chi connectivity index (χ0n) is 7.57. The molecule has 0 aromatic carbocycles. The molecule has 0 spiro atoms. The van der Waals surface area contributed by atoms with Crippen molar-refractivity contribution in [2.75, 3.05) is 5.32 Å². The minimum atomic E-state index is -0.386. The Labute approximate surface area is 76.1 Å². The van der Waals surface area contributed by atoms with Crippen LogP contribution >= 0.6 is 0 Å². The van der Waals surface area contributed by atoms with Gasteiger partial charge in [0.15, 0.2) is 5.82 Å². The molecule has 0 saturated heterocycles.